The van der Waals surface area contributed by atoms with E-state index in [1.165, 1.54) is 23.3 Å². The average molecular weight is 1240 g/mol. The highest BCUT2D eigenvalue weighted by Crippen LogP contribution is 2.27. The molecule has 20 nitrogen and oxygen atoms in total. The molecule has 0 amide bonds. The van der Waals surface area contributed by atoms with Crippen LogP contribution in [0, 0.1) is 12.8 Å². The lowest BCUT2D eigenvalue weighted by atomic mass is 9.86. The van der Waals surface area contributed by atoms with Gasteiger partial charge in [0, 0.05) is 67.1 Å². The second-order valence-electron chi connectivity index (χ2n) is 20.7. The number of aliphatic hydroxyl groups is 1. The van der Waals surface area contributed by atoms with Crippen molar-refractivity contribution in [3.63, 3.8) is 0 Å². The van der Waals surface area contributed by atoms with E-state index in [0.717, 1.165) is 35.4 Å². The second kappa shape index (κ2) is 46.0. The largest absolute Gasteiger partial charge is 0.397 e. The molecule has 0 spiro atoms. The average Bonchev–Trinajstić information content (AvgIpc) is 3.97. The van der Waals surface area contributed by atoms with Gasteiger partial charge in [-0.05, 0) is 94.9 Å². The Morgan fingerprint density at radius 2 is 0.977 bits per heavy atom. The molecule has 7 N–H and O–H groups in total. The molecule has 0 fully saturated rings. The summed E-state index contributed by atoms with van der Waals surface area (Å²) in [6, 6.07) is 46.7. The summed E-state index contributed by atoms with van der Waals surface area (Å²) in [6.07, 6.45) is 1.91. The molecule has 1 aliphatic heterocycles. The van der Waals surface area contributed by atoms with Gasteiger partial charge in [-0.3, -0.25) is 14.4 Å². The lowest BCUT2D eigenvalue weighted by Crippen LogP contribution is -2.55. The highest BCUT2D eigenvalue weighted by atomic mass is 32.2. The monoisotopic (exact) mass is 1240 g/mol. The van der Waals surface area contributed by atoms with E-state index in [1.807, 2.05) is 99.6 Å². The van der Waals surface area contributed by atoms with E-state index in [4.69, 9.17) is 78.2 Å². The Bertz CT molecular complexity index is 2510. The van der Waals surface area contributed by atoms with Crippen LogP contribution in [0.25, 0.3) is 0 Å². The molecule has 1 aliphatic rings. The number of benzene rings is 5. The third kappa shape index (κ3) is 32.8. The first-order valence-corrected chi connectivity index (χ1v) is 30.7. The number of hydrogen-bond acceptors (Lipinski definition) is 19. The van der Waals surface area contributed by atoms with Crippen molar-refractivity contribution in [3.8, 4) is 0 Å². The van der Waals surface area contributed by atoms with E-state index in [2.05, 4.69) is 73.8 Å². The minimum atomic E-state index is -4.02. The third-order valence-electron chi connectivity index (χ3n) is 13.9. The van der Waals surface area contributed by atoms with Crippen LogP contribution in [0.2, 0.25) is 0 Å². The molecule has 0 aliphatic carbocycles. The summed E-state index contributed by atoms with van der Waals surface area (Å²) in [5.41, 5.74) is 19.1. The van der Waals surface area contributed by atoms with Crippen molar-refractivity contribution in [1.29, 1.82) is 0 Å². The van der Waals surface area contributed by atoms with E-state index in [0.29, 0.717) is 52.5 Å². The lowest BCUT2D eigenvalue weighted by molar-refractivity contribution is -0.270. The van der Waals surface area contributed by atoms with Crippen LogP contribution < -0.4 is 16.8 Å². The molecule has 6 rings (SSSR count). The maximum absolute atomic E-state index is 10.5. The number of ether oxygens (including phenoxy) is 11. The third-order valence-corrected chi connectivity index (χ3v) is 14.7. The first kappa shape index (κ1) is 78.0. The van der Waals surface area contributed by atoms with Gasteiger partial charge in [0.2, 0.25) is 5.91 Å². The number of hydrogen-bond donors (Lipinski definition) is 5. The summed E-state index contributed by atoms with van der Waals surface area (Å²) < 4.78 is 90.1. The van der Waals surface area contributed by atoms with Crippen LogP contribution in [-0.2, 0) is 87.9 Å². The van der Waals surface area contributed by atoms with Crippen LogP contribution in [0.15, 0.2) is 155 Å². The van der Waals surface area contributed by atoms with Gasteiger partial charge in [0.15, 0.2) is 0 Å². The lowest BCUT2D eigenvalue weighted by Gasteiger charge is -2.35. The predicted molar refractivity (Wildman–Crippen MR) is 342 cm³/mol. The van der Waals surface area contributed by atoms with Gasteiger partial charge in [-0.1, -0.05) is 146 Å². The van der Waals surface area contributed by atoms with E-state index >= 15 is 0 Å². The molecular formula is C66H103N5O15S. The van der Waals surface area contributed by atoms with E-state index in [1.54, 1.807) is 54.6 Å². The Labute approximate surface area is 519 Å². The maximum Gasteiger partial charge on any atom is 0.294 e. The smallest absolute Gasteiger partial charge is 0.294 e. The zero-order valence-electron chi connectivity index (χ0n) is 53.5. The van der Waals surface area contributed by atoms with Crippen LogP contribution in [0.1, 0.15) is 55.5 Å². The second-order valence-corrected chi connectivity index (χ2v) is 22.2. The number of nitrogens with zero attached hydrogens (tertiary/aromatic N) is 2. The quantitative estimate of drug-likeness (QED) is 0.0153. The molecule has 0 unspecified atom stereocenters. The van der Waals surface area contributed by atoms with Crippen molar-refractivity contribution in [2.24, 2.45) is 22.4 Å². The summed E-state index contributed by atoms with van der Waals surface area (Å²) in [5, 5.41) is 11.2. The first-order chi connectivity index (χ1) is 41.8. The molecule has 0 saturated carbocycles. The van der Waals surface area contributed by atoms with Crippen LogP contribution >= 0.6 is 0 Å². The number of aryl methyl sites for hydroxylation is 1. The van der Waals surface area contributed by atoms with Crippen molar-refractivity contribution in [2.75, 3.05) is 116 Å². The molecule has 87 heavy (non-hydrogen) atoms. The van der Waals surface area contributed by atoms with Gasteiger partial charge >= 0.3 is 0 Å². The molecule has 488 valence electrons. The molecule has 5 aromatic rings. The fraction of sp³-hybridized carbons (Fsp3) is 0.530. The van der Waals surface area contributed by atoms with Crippen molar-refractivity contribution >= 4 is 16.0 Å². The molecule has 21 heteroatoms. The number of methoxy groups -OCH3 is 5. The minimum absolute atomic E-state index is 0.0253. The van der Waals surface area contributed by atoms with E-state index < -0.39 is 28.2 Å². The van der Waals surface area contributed by atoms with Gasteiger partial charge < -0.3 is 74.0 Å². The standard InChI is InChI=1S/C26H40N2O6.C25H34N2O3.C7H8O3S.C6H15NO2.C2H6O/c1-29-13-15-31-19-33-25(23(27)17-21-9-5-3-6-10-21)26(34-20-32-16-14-30-2)24(28)18-22-11-7-4-8-12-22;1-19-23(16-21-10-6-4-7-11-21)26-20(2)27-24(17-22-12-8-5-9-13-22)25(19)30-18-29-15-14-28-3;1-6-2-4-7(5-3-6)11(8,9)10;1-6(8-4,9-5)7(2)3;1-2-3/h3-12,23-26H,13-20,27-28H2,1-2H3;4-13,19,23-25H,14-18H2,1-3H3,(H,26,27);2-5H,1H3,(H,8,9,10);1-5H3;3H,2H2,1H3/t23-,24-,25+,26+;19-,23+,24+,25+;;;/m10.../s1. The zero-order valence-corrected chi connectivity index (χ0v) is 54.4. The molecule has 0 aromatic heterocycles. The van der Waals surface area contributed by atoms with Crippen LogP contribution in [-0.4, -0.2) is 193 Å². The Morgan fingerprint density at radius 1 is 0.598 bits per heavy atom. The SMILES string of the molecule is CCO.COC(C)(OC)N(C)C.COCCOCO[C@@H]1[C@@H](C)[C@@H](Cc2ccccc2)N=C(C)N[C@@H]1Cc1ccccc1.COCCOCO[C@H]([C@@H](OCOCCOC)[C@H](N)Cc1ccccc1)[C@H](N)Cc1ccccc1.Cc1ccc(S(=O)(=O)O)cc1. The number of nitrogens with one attached hydrogen (secondary N) is 1. The fourth-order valence-electron chi connectivity index (χ4n) is 8.80. The van der Waals surface area contributed by atoms with Crippen LogP contribution in [0.3, 0.4) is 0 Å². The topological polar surface area (TPSA) is 256 Å². The van der Waals surface area contributed by atoms with E-state index in [9.17, 15) is 8.42 Å². The predicted octanol–water partition coefficient (Wildman–Crippen LogP) is 7.77. The Kier molecular flexibility index (Phi) is 41.3. The highest BCUT2D eigenvalue weighted by Gasteiger charge is 2.37. The Hall–Kier alpha value is -5.12. The first-order valence-electron chi connectivity index (χ1n) is 29.3. The fourth-order valence-corrected chi connectivity index (χ4v) is 9.28. The summed E-state index contributed by atoms with van der Waals surface area (Å²) in [6.45, 7) is 13.2. The normalized spacial score (nSPS) is 17.1. The molecule has 0 bridgehead atoms. The van der Waals surface area contributed by atoms with Gasteiger partial charge in [0.05, 0.1) is 68.6 Å². The Morgan fingerprint density at radius 3 is 1.33 bits per heavy atom. The summed E-state index contributed by atoms with van der Waals surface area (Å²) in [4.78, 5) is 6.80. The Balaban J connectivity index is 0.000000438. The number of aliphatic hydroxyl groups excluding tert-OH is 1. The number of rotatable bonds is 33. The van der Waals surface area contributed by atoms with Crippen LogP contribution in [0.4, 0.5) is 0 Å². The van der Waals surface area contributed by atoms with E-state index in [-0.39, 0.29) is 68.1 Å². The van der Waals surface area contributed by atoms with Crippen LogP contribution in [0.5, 0.6) is 0 Å². The summed E-state index contributed by atoms with van der Waals surface area (Å²) in [7, 11) is 7.92. The minimum Gasteiger partial charge on any atom is -0.397 e. The molecule has 0 saturated heterocycles. The molecule has 1 heterocycles. The summed E-state index contributed by atoms with van der Waals surface area (Å²) in [5.74, 6) is 0.616. The van der Waals surface area contributed by atoms with Crippen molar-refractivity contribution < 1.29 is 70.2 Å². The maximum atomic E-state index is 10.5. The molecule has 8 atom stereocenters. The number of amidine groups is 1. The van der Waals surface area contributed by atoms with Crippen molar-refractivity contribution in [3.05, 3.63) is 173 Å². The molecular weight excluding hydrogens is 1130 g/mol. The number of nitrogens with two attached hydrogens (primary N) is 2. The molecule has 0 radical (unpaired) electrons. The van der Waals surface area contributed by atoms with Crippen molar-refractivity contribution in [1.82, 2.24) is 10.2 Å². The van der Waals surface area contributed by atoms with Gasteiger partial charge in [-0.2, -0.15) is 8.42 Å². The molecule has 5 aromatic carbocycles. The van der Waals surface area contributed by atoms with Gasteiger partial charge in [-0.15, -0.1) is 0 Å². The van der Waals surface area contributed by atoms with Gasteiger partial charge in [0.25, 0.3) is 10.1 Å². The summed E-state index contributed by atoms with van der Waals surface area (Å²) >= 11 is 0. The highest BCUT2D eigenvalue weighted by molar-refractivity contribution is 7.85. The zero-order chi connectivity index (χ0) is 64.3. The van der Waals surface area contributed by atoms with Gasteiger partial charge in [0.1, 0.15) is 32.6 Å². The number of aliphatic imine (C=N–C) groups is 1. The van der Waals surface area contributed by atoms with Crippen molar-refractivity contribution in [2.45, 2.75) is 114 Å². The van der Waals surface area contributed by atoms with Gasteiger partial charge in [-0.25, -0.2) is 0 Å².